The van der Waals surface area contributed by atoms with E-state index < -0.39 is 15.9 Å². The van der Waals surface area contributed by atoms with Gasteiger partial charge in [0.15, 0.2) is 15.6 Å². The van der Waals surface area contributed by atoms with E-state index in [0.717, 1.165) is 25.9 Å². The smallest absolute Gasteiger partial charge is 0.220 e. The van der Waals surface area contributed by atoms with Crippen molar-refractivity contribution in [2.24, 2.45) is 0 Å². The molecule has 28 heavy (non-hydrogen) atoms. The first kappa shape index (κ1) is 21.1. The van der Waals surface area contributed by atoms with Crippen molar-refractivity contribution < 1.29 is 22.8 Å². The maximum Gasteiger partial charge on any atom is 0.220 e. The minimum absolute atomic E-state index is 0.0231. The molecule has 2 aliphatic heterocycles. The second-order valence-electron chi connectivity index (χ2n) is 7.50. The van der Waals surface area contributed by atoms with Gasteiger partial charge >= 0.3 is 0 Å². The zero-order valence-electron chi connectivity index (χ0n) is 15.8. The quantitative estimate of drug-likeness (QED) is 0.600. The molecular weight excluding hydrogens is 400 g/mol. The van der Waals surface area contributed by atoms with Crippen molar-refractivity contribution in [1.82, 2.24) is 10.2 Å². The largest absolute Gasteiger partial charge is 0.351 e. The van der Waals surface area contributed by atoms with Crippen LogP contribution in [-0.2, 0) is 19.4 Å². The highest BCUT2D eigenvalue weighted by molar-refractivity contribution is 7.91. The number of hydrogen-bond donors (Lipinski definition) is 1. The molecule has 9 heteroatoms. The Bertz CT molecular complexity index is 813. The Hall–Kier alpha value is -1.58. The van der Waals surface area contributed by atoms with Gasteiger partial charge in [-0.25, -0.2) is 8.42 Å². The van der Waals surface area contributed by atoms with Gasteiger partial charge in [-0.3, -0.25) is 19.3 Å². The summed E-state index contributed by atoms with van der Waals surface area (Å²) in [4.78, 5) is 39.0. The number of carbonyl (C=O) groups excluding carboxylic acids is 3. The number of nitrogens with zero attached hydrogens (tertiary/aromatic N) is 1. The molecule has 2 aliphatic rings. The molecule has 2 saturated heterocycles. The number of rotatable bonds is 9. The van der Waals surface area contributed by atoms with E-state index in [1.54, 1.807) is 12.1 Å². The second-order valence-corrected chi connectivity index (χ2v) is 10.6. The molecule has 3 rings (SSSR count). The lowest BCUT2D eigenvalue weighted by atomic mass is 10.1. The number of nitrogens with one attached hydrogen (secondary N) is 1. The highest BCUT2D eigenvalue weighted by atomic mass is 32.2. The Morgan fingerprint density at radius 3 is 2.46 bits per heavy atom. The Labute approximate surface area is 169 Å². The van der Waals surface area contributed by atoms with Crippen LogP contribution in [0.5, 0.6) is 0 Å². The van der Waals surface area contributed by atoms with Crippen molar-refractivity contribution in [2.75, 3.05) is 24.6 Å². The molecule has 0 spiro atoms. The summed E-state index contributed by atoms with van der Waals surface area (Å²) in [6.45, 7) is 1.73. The number of likely N-dealkylation sites (tertiary alicyclic amines) is 1. The maximum absolute atomic E-state index is 12.3. The van der Waals surface area contributed by atoms with E-state index in [2.05, 4.69) is 10.2 Å². The summed E-state index contributed by atoms with van der Waals surface area (Å²) in [6, 6.07) is 2.95. The minimum atomic E-state index is -3.16. The molecule has 0 radical (unpaired) electrons. The molecule has 2 atom stereocenters. The fourth-order valence-corrected chi connectivity index (χ4v) is 6.52. The Kier molecular flexibility index (Phi) is 7.00. The lowest BCUT2D eigenvalue weighted by Crippen LogP contribution is -2.50. The average molecular weight is 427 g/mol. The number of sulfone groups is 1. The molecule has 0 bridgehead atoms. The van der Waals surface area contributed by atoms with E-state index in [9.17, 15) is 22.8 Å². The highest BCUT2D eigenvalue weighted by Gasteiger charge is 2.42. The second kappa shape index (κ2) is 9.28. The third-order valence-corrected chi connectivity index (χ3v) is 7.96. The van der Waals surface area contributed by atoms with Crippen molar-refractivity contribution >= 4 is 38.6 Å². The monoisotopic (exact) mass is 426 g/mol. The van der Waals surface area contributed by atoms with Crippen LogP contribution in [0.1, 0.15) is 48.2 Å². The summed E-state index contributed by atoms with van der Waals surface area (Å²) in [5.74, 6) is -0.443. The first-order valence-corrected chi connectivity index (χ1v) is 12.4. The first-order valence-electron chi connectivity index (χ1n) is 9.66. The molecule has 7 nitrogen and oxygen atoms in total. The van der Waals surface area contributed by atoms with E-state index in [1.807, 2.05) is 5.38 Å². The fraction of sp³-hybridized carbons (Fsp3) is 0.632. The van der Waals surface area contributed by atoms with Crippen LogP contribution in [-0.4, -0.2) is 67.5 Å². The number of hydrogen-bond acceptors (Lipinski definition) is 7. The van der Waals surface area contributed by atoms with Crippen molar-refractivity contribution in [1.29, 1.82) is 0 Å². The average Bonchev–Trinajstić information content (AvgIpc) is 3.38. The molecular formula is C19H26N2O5S2. The van der Waals surface area contributed by atoms with Crippen LogP contribution >= 0.6 is 11.3 Å². The lowest BCUT2D eigenvalue weighted by molar-refractivity contribution is -0.126. The molecule has 1 aromatic heterocycles. The summed E-state index contributed by atoms with van der Waals surface area (Å²) in [7, 11) is -3.16. The molecule has 0 aliphatic carbocycles. The molecule has 1 N–H and O–H groups in total. The van der Waals surface area contributed by atoms with Crippen LogP contribution in [0.25, 0.3) is 0 Å². The van der Waals surface area contributed by atoms with Gasteiger partial charge in [0.1, 0.15) is 5.78 Å². The van der Waals surface area contributed by atoms with Crippen LogP contribution in [0.4, 0.5) is 0 Å². The van der Waals surface area contributed by atoms with Crippen LogP contribution < -0.4 is 5.32 Å². The van der Waals surface area contributed by atoms with Crippen molar-refractivity contribution in [3.05, 3.63) is 22.4 Å². The highest BCUT2D eigenvalue weighted by Crippen LogP contribution is 2.23. The summed E-state index contributed by atoms with van der Waals surface area (Å²) in [6.07, 6.45) is 2.47. The van der Waals surface area contributed by atoms with Gasteiger partial charge < -0.3 is 5.32 Å². The standard InChI is InChI=1S/C19H26N2O5S2/c22-14(5-7-17(23)18-4-3-11-27-18)6-8-19(24)20-15-12-28(25,26)13-16(15)21-9-1-2-10-21/h3-4,11,15-16H,1-2,5-10,12-13H2,(H,20,24). The Balaban J connectivity index is 1.42. The predicted octanol–water partition coefficient (Wildman–Crippen LogP) is 1.44. The molecule has 0 saturated carbocycles. The maximum atomic E-state index is 12.3. The van der Waals surface area contributed by atoms with Gasteiger partial charge in [-0.2, -0.15) is 0 Å². The Morgan fingerprint density at radius 1 is 1.07 bits per heavy atom. The zero-order chi connectivity index (χ0) is 20.1. The normalized spacial score (nSPS) is 24.3. The number of Topliss-reactive ketones (excluding diaryl/α,β-unsaturated/α-hetero) is 2. The van der Waals surface area contributed by atoms with Gasteiger partial charge in [-0.05, 0) is 37.4 Å². The zero-order valence-corrected chi connectivity index (χ0v) is 17.4. The lowest BCUT2D eigenvalue weighted by Gasteiger charge is -2.28. The third kappa shape index (κ3) is 5.71. The number of thiophene rings is 1. The van der Waals surface area contributed by atoms with Crippen molar-refractivity contribution in [2.45, 2.75) is 50.6 Å². The molecule has 2 fully saturated rings. The molecule has 1 aromatic rings. The predicted molar refractivity (Wildman–Crippen MR) is 107 cm³/mol. The molecule has 2 unspecified atom stereocenters. The van der Waals surface area contributed by atoms with Crippen LogP contribution in [0.15, 0.2) is 17.5 Å². The van der Waals surface area contributed by atoms with Gasteiger partial charge in [0.2, 0.25) is 5.91 Å². The van der Waals surface area contributed by atoms with Crippen molar-refractivity contribution in [3.8, 4) is 0 Å². The number of amides is 1. The Morgan fingerprint density at radius 2 is 1.79 bits per heavy atom. The summed E-state index contributed by atoms with van der Waals surface area (Å²) in [5, 5.41) is 4.64. The molecule has 0 aromatic carbocycles. The summed E-state index contributed by atoms with van der Waals surface area (Å²) >= 11 is 1.35. The first-order chi connectivity index (χ1) is 13.3. The van der Waals surface area contributed by atoms with E-state index in [-0.39, 0.29) is 60.7 Å². The van der Waals surface area contributed by atoms with E-state index >= 15 is 0 Å². The van der Waals surface area contributed by atoms with Crippen molar-refractivity contribution in [3.63, 3.8) is 0 Å². The molecule has 154 valence electrons. The van der Waals surface area contributed by atoms with Crippen LogP contribution in [0.3, 0.4) is 0 Å². The van der Waals surface area contributed by atoms with E-state index in [0.29, 0.717) is 4.88 Å². The van der Waals surface area contributed by atoms with Crippen LogP contribution in [0.2, 0.25) is 0 Å². The minimum Gasteiger partial charge on any atom is -0.351 e. The van der Waals surface area contributed by atoms with Gasteiger partial charge in [0, 0.05) is 31.7 Å². The summed E-state index contributed by atoms with van der Waals surface area (Å²) < 4.78 is 24.1. The number of carbonyl (C=O) groups is 3. The summed E-state index contributed by atoms with van der Waals surface area (Å²) in [5.41, 5.74) is 0. The topological polar surface area (TPSA) is 101 Å². The fourth-order valence-electron chi connectivity index (χ4n) is 3.87. The number of ketones is 2. The SMILES string of the molecule is O=C(CCC(=O)NC1CS(=O)(=O)CC1N1CCCC1)CCC(=O)c1cccs1. The molecule has 3 heterocycles. The van der Waals surface area contributed by atoms with Gasteiger partial charge in [0.25, 0.3) is 0 Å². The van der Waals surface area contributed by atoms with Gasteiger partial charge in [0.05, 0.1) is 22.4 Å². The van der Waals surface area contributed by atoms with Gasteiger partial charge in [-0.15, -0.1) is 11.3 Å². The van der Waals surface area contributed by atoms with E-state index in [1.165, 1.54) is 11.3 Å². The van der Waals surface area contributed by atoms with Gasteiger partial charge in [-0.1, -0.05) is 6.07 Å². The third-order valence-electron chi connectivity index (χ3n) is 5.34. The van der Waals surface area contributed by atoms with Crippen LogP contribution in [0, 0.1) is 0 Å². The molecule has 1 amide bonds. The van der Waals surface area contributed by atoms with E-state index in [4.69, 9.17) is 0 Å².